The third-order valence-electron chi connectivity index (χ3n) is 5.84. The second kappa shape index (κ2) is 7.64. The average Bonchev–Trinajstić information content (AvgIpc) is 2.73. The zero-order valence-corrected chi connectivity index (χ0v) is 16.3. The molecule has 0 aromatic heterocycles. The molecule has 1 aromatic carbocycles. The molecule has 1 aliphatic carbocycles. The first-order chi connectivity index (χ1) is 13.8. The van der Waals surface area contributed by atoms with E-state index in [1.807, 2.05) is 25.1 Å². The normalized spacial score (nSPS) is 25.7. The van der Waals surface area contributed by atoms with Crippen LogP contribution in [0.5, 0.6) is 0 Å². The largest absolute Gasteiger partial charge is 0.305 e. The summed E-state index contributed by atoms with van der Waals surface area (Å²) in [6, 6.07) is 10.1. The number of nitriles is 3. The van der Waals surface area contributed by atoms with E-state index in [0.717, 1.165) is 0 Å². The van der Waals surface area contributed by atoms with Crippen LogP contribution in [0, 0.1) is 66.8 Å². The minimum Gasteiger partial charge on any atom is -0.305 e. The minimum atomic E-state index is -1.99. The lowest BCUT2D eigenvalue weighted by Crippen LogP contribution is -2.52. The number of nitrogens with one attached hydrogen (secondary N) is 1. The molecule has 1 aromatic rings. The molecule has 1 N–H and O–H groups in total. The summed E-state index contributed by atoms with van der Waals surface area (Å²) < 4.78 is 0. The van der Waals surface area contributed by atoms with E-state index < -0.39 is 28.1 Å². The summed E-state index contributed by atoms with van der Waals surface area (Å²) in [5.74, 6) is -2.45. The maximum atomic E-state index is 11.7. The Labute approximate surface area is 172 Å². The number of benzene rings is 1. The summed E-state index contributed by atoms with van der Waals surface area (Å²) in [7, 11) is 0. The lowest BCUT2D eigenvalue weighted by Gasteiger charge is -2.47. The Bertz CT molecular complexity index is 1030. The van der Waals surface area contributed by atoms with Crippen LogP contribution < -0.4 is 0 Å². The van der Waals surface area contributed by atoms with Gasteiger partial charge in [-0.25, -0.2) is 0 Å². The molecule has 1 saturated carbocycles. The highest BCUT2D eigenvalue weighted by atomic mass is 35.5. The Balaban J connectivity index is 2.34. The number of rotatable bonds is 3. The Hall–Kier alpha value is -3.25. The van der Waals surface area contributed by atoms with Gasteiger partial charge < -0.3 is 5.41 Å². The van der Waals surface area contributed by atoms with E-state index in [2.05, 4.69) is 11.0 Å². The third kappa shape index (κ3) is 3.06. The van der Waals surface area contributed by atoms with Crippen molar-refractivity contribution in [2.45, 2.75) is 12.8 Å². The predicted molar refractivity (Wildman–Crippen MR) is 105 cm³/mol. The summed E-state index contributed by atoms with van der Waals surface area (Å²) in [6.45, 7) is 3.68. The Morgan fingerprint density at radius 1 is 1.38 bits per heavy atom. The molecule has 1 unspecified atom stereocenters. The molecule has 0 saturated heterocycles. The molecule has 9 heteroatoms. The molecular formula is C20H17ClN6O2. The molecule has 1 aliphatic heterocycles. The molecule has 2 aliphatic rings. The van der Waals surface area contributed by atoms with Crippen molar-refractivity contribution >= 4 is 23.0 Å². The fourth-order valence-electron chi connectivity index (χ4n) is 4.41. The smallest absolute Gasteiger partial charge is 0.274 e. The monoisotopic (exact) mass is 408 g/mol. The van der Waals surface area contributed by atoms with Crippen LogP contribution in [0.4, 0.5) is 5.69 Å². The fourth-order valence-corrected chi connectivity index (χ4v) is 4.57. The van der Waals surface area contributed by atoms with Crippen molar-refractivity contribution < 1.29 is 4.92 Å². The van der Waals surface area contributed by atoms with Crippen molar-refractivity contribution in [2.75, 3.05) is 19.6 Å². The Morgan fingerprint density at radius 3 is 2.62 bits per heavy atom. The van der Waals surface area contributed by atoms with Crippen molar-refractivity contribution in [3.8, 4) is 18.2 Å². The van der Waals surface area contributed by atoms with Crippen molar-refractivity contribution in [3.63, 3.8) is 0 Å². The quantitative estimate of drug-likeness (QED) is 0.461. The standard InChI is InChI=1S/C20H17ClN6O2/c1-2-26-6-5-13-15(8-22)19(25)20(10-23,11-24)18(16(13)9-26)14-4-3-12(21)7-17(14)27(28)29/h3-5,7,15-16,18,25H,2,6,9H2,1H3/t15?,16-,18+/m0/s1. The number of nitrogens with zero attached hydrogens (tertiary/aromatic N) is 5. The Morgan fingerprint density at radius 2 is 2.07 bits per heavy atom. The second-order valence-corrected chi connectivity index (χ2v) is 7.54. The van der Waals surface area contributed by atoms with E-state index in [9.17, 15) is 25.9 Å². The molecule has 0 radical (unpaired) electrons. The van der Waals surface area contributed by atoms with E-state index in [-0.39, 0.29) is 22.0 Å². The highest BCUT2D eigenvalue weighted by Crippen LogP contribution is 2.55. The Kier molecular flexibility index (Phi) is 5.40. The van der Waals surface area contributed by atoms with Gasteiger partial charge in [0.1, 0.15) is 5.92 Å². The van der Waals surface area contributed by atoms with Crippen LogP contribution in [0.15, 0.2) is 29.8 Å². The van der Waals surface area contributed by atoms with Gasteiger partial charge in [-0.15, -0.1) is 0 Å². The average molecular weight is 409 g/mol. The minimum absolute atomic E-state index is 0.162. The van der Waals surface area contributed by atoms with Crippen LogP contribution >= 0.6 is 11.6 Å². The lowest BCUT2D eigenvalue weighted by molar-refractivity contribution is -0.385. The first-order valence-corrected chi connectivity index (χ1v) is 9.39. The number of fused-ring (bicyclic) bond motifs is 1. The molecule has 0 bridgehead atoms. The van der Waals surface area contributed by atoms with Crippen LogP contribution in [0.25, 0.3) is 0 Å². The number of nitro groups is 1. The SMILES string of the molecule is CCN1CC=C2C(C#N)C(=N)C(C#N)(C#N)[C@H](c3ccc(Cl)cc3[N+](=O)[O-])[C@H]2C1. The summed E-state index contributed by atoms with van der Waals surface area (Å²) in [6.07, 6.45) is 1.85. The zero-order chi connectivity index (χ0) is 21.3. The van der Waals surface area contributed by atoms with Crippen LogP contribution in [-0.2, 0) is 0 Å². The van der Waals surface area contributed by atoms with Gasteiger partial charge in [0.15, 0.2) is 5.41 Å². The highest BCUT2D eigenvalue weighted by molar-refractivity contribution is 6.30. The van der Waals surface area contributed by atoms with E-state index in [1.54, 1.807) is 0 Å². The van der Waals surface area contributed by atoms with Crippen molar-refractivity contribution in [2.24, 2.45) is 17.3 Å². The summed E-state index contributed by atoms with van der Waals surface area (Å²) >= 11 is 5.96. The summed E-state index contributed by atoms with van der Waals surface area (Å²) in [5, 5.41) is 50.1. The van der Waals surface area contributed by atoms with E-state index in [1.165, 1.54) is 18.2 Å². The number of hydrogen-bond acceptors (Lipinski definition) is 7. The van der Waals surface area contributed by atoms with Crippen LogP contribution in [-0.4, -0.2) is 35.2 Å². The van der Waals surface area contributed by atoms with Gasteiger partial charge in [0.25, 0.3) is 5.69 Å². The number of likely N-dealkylation sites (N-methyl/N-ethyl adjacent to an activating group) is 1. The summed E-state index contributed by atoms with van der Waals surface area (Å²) in [5.41, 5.74) is -1.78. The maximum absolute atomic E-state index is 11.7. The van der Waals surface area contributed by atoms with E-state index >= 15 is 0 Å². The topological polar surface area (TPSA) is 142 Å². The van der Waals surface area contributed by atoms with Gasteiger partial charge >= 0.3 is 0 Å². The predicted octanol–water partition coefficient (Wildman–Crippen LogP) is 3.42. The van der Waals surface area contributed by atoms with Crippen LogP contribution in [0.1, 0.15) is 18.4 Å². The molecule has 1 fully saturated rings. The first kappa shape index (κ1) is 20.5. The van der Waals surface area contributed by atoms with Crippen molar-refractivity contribution in [1.29, 1.82) is 21.2 Å². The number of halogens is 1. The number of nitro benzene ring substituents is 1. The van der Waals surface area contributed by atoms with Crippen molar-refractivity contribution in [3.05, 3.63) is 50.5 Å². The van der Waals surface area contributed by atoms with E-state index in [4.69, 9.17) is 17.0 Å². The molecule has 146 valence electrons. The zero-order valence-electron chi connectivity index (χ0n) is 15.6. The van der Waals surface area contributed by atoms with Crippen LogP contribution in [0.3, 0.4) is 0 Å². The highest BCUT2D eigenvalue weighted by Gasteiger charge is 2.58. The van der Waals surface area contributed by atoms with Gasteiger partial charge in [-0.3, -0.25) is 15.0 Å². The van der Waals surface area contributed by atoms with Gasteiger partial charge in [-0.2, -0.15) is 15.8 Å². The number of hydrogen-bond donors (Lipinski definition) is 1. The van der Waals surface area contributed by atoms with Gasteiger partial charge in [-0.05, 0) is 18.2 Å². The molecule has 8 nitrogen and oxygen atoms in total. The molecule has 3 atom stereocenters. The van der Waals surface area contributed by atoms with Gasteiger partial charge in [0.2, 0.25) is 0 Å². The van der Waals surface area contributed by atoms with Crippen LogP contribution in [0.2, 0.25) is 5.02 Å². The van der Waals surface area contributed by atoms with Gasteiger partial charge in [0, 0.05) is 41.6 Å². The van der Waals surface area contributed by atoms with Gasteiger partial charge in [0.05, 0.1) is 28.8 Å². The lowest BCUT2D eigenvalue weighted by atomic mass is 9.54. The molecule has 3 rings (SSSR count). The fraction of sp³-hybridized carbons (Fsp3) is 0.400. The molecule has 29 heavy (non-hydrogen) atoms. The molecule has 0 amide bonds. The molecule has 1 heterocycles. The first-order valence-electron chi connectivity index (χ1n) is 9.01. The summed E-state index contributed by atoms with van der Waals surface area (Å²) in [4.78, 5) is 13.2. The van der Waals surface area contributed by atoms with Gasteiger partial charge in [-0.1, -0.05) is 30.7 Å². The molecular weight excluding hydrogens is 392 g/mol. The second-order valence-electron chi connectivity index (χ2n) is 7.11. The van der Waals surface area contributed by atoms with Crippen molar-refractivity contribution in [1.82, 2.24) is 4.90 Å². The van der Waals surface area contributed by atoms with E-state index in [0.29, 0.717) is 25.2 Å². The maximum Gasteiger partial charge on any atom is 0.274 e. The molecule has 0 spiro atoms. The third-order valence-corrected chi connectivity index (χ3v) is 6.07.